The molecular weight excluding hydrogens is 220 g/mol. The summed E-state index contributed by atoms with van der Waals surface area (Å²) in [5.41, 5.74) is 9.88. The van der Waals surface area contributed by atoms with E-state index < -0.39 is 0 Å². The van der Waals surface area contributed by atoms with Gasteiger partial charge in [-0.05, 0) is 44.7 Å². The van der Waals surface area contributed by atoms with Crippen LogP contribution in [0, 0.1) is 19.8 Å². The summed E-state index contributed by atoms with van der Waals surface area (Å²) >= 11 is 0. The van der Waals surface area contributed by atoms with Crippen molar-refractivity contribution in [3.63, 3.8) is 0 Å². The molecule has 1 saturated carbocycles. The van der Waals surface area contributed by atoms with Gasteiger partial charge in [0, 0.05) is 12.6 Å². The highest BCUT2D eigenvalue weighted by atomic mass is 14.9. The number of nitrogens with two attached hydrogens (primary N) is 1. The van der Waals surface area contributed by atoms with Gasteiger partial charge in [0.2, 0.25) is 0 Å². The standard InChI is InChI=1S/C16H26N2/c1-12-8-13(2)10-15(9-12)16(11-17)18-7-3-4-14-5-6-14/h8-10,14,16,18H,3-7,11,17H2,1-2H3. The van der Waals surface area contributed by atoms with Crippen molar-refractivity contribution in [2.75, 3.05) is 13.1 Å². The lowest BCUT2D eigenvalue weighted by Gasteiger charge is -2.18. The van der Waals surface area contributed by atoms with Crippen LogP contribution in [0.2, 0.25) is 0 Å². The van der Waals surface area contributed by atoms with E-state index in [1.807, 2.05) is 0 Å². The Morgan fingerprint density at radius 2 is 1.89 bits per heavy atom. The summed E-state index contributed by atoms with van der Waals surface area (Å²) in [5, 5.41) is 3.60. The maximum absolute atomic E-state index is 5.90. The fourth-order valence-electron chi connectivity index (χ4n) is 2.62. The predicted molar refractivity (Wildman–Crippen MR) is 77.7 cm³/mol. The lowest BCUT2D eigenvalue weighted by Crippen LogP contribution is -2.29. The molecule has 1 aliphatic carbocycles. The third-order valence-corrected chi connectivity index (χ3v) is 3.76. The van der Waals surface area contributed by atoms with E-state index in [9.17, 15) is 0 Å². The number of nitrogens with one attached hydrogen (secondary N) is 1. The second kappa shape index (κ2) is 6.35. The van der Waals surface area contributed by atoms with Crippen LogP contribution in [0.25, 0.3) is 0 Å². The fraction of sp³-hybridized carbons (Fsp3) is 0.625. The Labute approximate surface area is 111 Å². The SMILES string of the molecule is Cc1cc(C)cc(C(CN)NCCCC2CC2)c1. The average Bonchev–Trinajstić information content (AvgIpc) is 3.11. The molecule has 100 valence electrons. The number of benzene rings is 1. The second-order valence-corrected chi connectivity index (χ2v) is 5.75. The van der Waals surface area contributed by atoms with Gasteiger partial charge < -0.3 is 11.1 Å². The molecule has 1 fully saturated rings. The molecule has 0 spiro atoms. The number of rotatable bonds is 7. The summed E-state index contributed by atoms with van der Waals surface area (Å²) in [6, 6.07) is 7.02. The van der Waals surface area contributed by atoms with E-state index in [4.69, 9.17) is 5.73 Å². The lowest BCUT2D eigenvalue weighted by molar-refractivity contribution is 0.512. The van der Waals surface area contributed by atoms with Crippen molar-refractivity contribution in [1.29, 1.82) is 0 Å². The van der Waals surface area contributed by atoms with Gasteiger partial charge >= 0.3 is 0 Å². The van der Waals surface area contributed by atoms with E-state index in [0.29, 0.717) is 12.6 Å². The molecule has 0 heterocycles. The topological polar surface area (TPSA) is 38.0 Å². The van der Waals surface area contributed by atoms with Crippen molar-refractivity contribution in [2.24, 2.45) is 11.7 Å². The number of hydrogen-bond donors (Lipinski definition) is 2. The molecule has 2 heteroatoms. The van der Waals surface area contributed by atoms with E-state index in [1.165, 1.54) is 42.4 Å². The van der Waals surface area contributed by atoms with E-state index in [-0.39, 0.29) is 0 Å². The minimum Gasteiger partial charge on any atom is -0.329 e. The van der Waals surface area contributed by atoms with E-state index in [0.717, 1.165) is 12.5 Å². The molecule has 1 aliphatic rings. The van der Waals surface area contributed by atoms with Gasteiger partial charge in [-0.1, -0.05) is 42.2 Å². The predicted octanol–water partition coefficient (Wildman–Crippen LogP) is 3.08. The smallest absolute Gasteiger partial charge is 0.0444 e. The van der Waals surface area contributed by atoms with Gasteiger partial charge in [-0.25, -0.2) is 0 Å². The van der Waals surface area contributed by atoms with Crippen molar-refractivity contribution in [3.05, 3.63) is 34.9 Å². The Bertz CT molecular complexity index is 362. The summed E-state index contributed by atoms with van der Waals surface area (Å²) in [4.78, 5) is 0. The first-order valence-electron chi connectivity index (χ1n) is 7.20. The van der Waals surface area contributed by atoms with Crippen LogP contribution >= 0.6 is 0 Å². The second-order valence-electron chi connectivity index (χ2n) is 5.75. The molecule has 0 aromatic heterocycles. The van der Waals surface area contributed by atoms with Crippen molar-refractivity contribution in [3.8, 4) is 0 Å². The van der Waals surface area contributed by atoms with E-state index >= 15 is 0 Å². The van der Waals surface area contributed by atoms with Crippen LogP contribution in [0.1, 0.15) is 48.4 Å². The molecule has 1 aromatic rings. The molecule has 0 saturated heterocycles. The van der Waals surface area contributed by atoms with Crippen LogP contribution in [0.4, 0.5) is 0 Å². The zero-order chi connectivity index (χ0) is 13.0. The normalized spacial score (nSPS) is 16.8. The van der Waals surface area contributed by atoms with Crippen LogP contribution in [-0.4, -0.2) is 13.1 Å². The molecular formula is C16H26N2. The average molecular weight is 246 g/mol. The van der Waals surface area contributed by atoms with Gasteiger partial charge in [-0.15, -0.1) is 0 Å². The molecule has 2 rings (SSSR count). The first-order valence-corrected chi connectivity index (χ1v) is 7.20. The first-order chi connectivity index (χ1) is 8.69. The molecule has 2 nitrogen and oxygen atoms in total. The minimum atomic E-state index is 0.308. The van der Waals surface area contributed by atoms with E-state index in [2.05, 4.69) is 37.4 Å². The summed E-state index contributed by atoms with van der Waals surface area (Å²) in [7, 11) is 0. The highest BCUT2D eigenvalue weighted by molar-refractivity contribution is 5.30. The Hall–Kier alpha value is -0.860. The van der Waals surface area contributed by atoms with Crippen LogP contribution in [-0.2, 0) is 0 Å². The van der Waals surface area contributed by atoms with Gasteiger partial charge in [0.15, 0.2) is 0 Å². The minimum absolute atomic E-state index is 0.308. The Kier molecular flexibility index (Phi) is 4.79. The lowest BCUT2D eigenvalue weighted by atomic mass is 10.0. The Morgan fingerprint density at radius 3 is 2.44 bits per heavy atom. The molecule has 0 aliphatic heterocycles. The maximum atomic E-state index is 5.90. The van der Waals surface area contributed by atoms with E-state index in [1.54, 1.807) is 0 Å². The summed E-state index contributed by atoms with van der Waals surface area (Å²) < 4.78 is 0. The quantitative estimate of drug-likeness (QED) is 0.726. The maximum Gasteiger partial charge on any atom is 0.0444 e. The summed E-state index contributed by atoms with van der Waals surface area (Å²) in [6.07, 6.45) is 5.58. The van der Waals surface area contributed by atoms with Crippen molar-refractivity contribution in [1.82, 2.24) is 5.32 Å². The highest BCUT2D eigenvalue weighted by Crippen LogP contribution is 2.33. The molecule has 0 bridgehead atoms. The van der Waals surface area contributed by atoms with Crippen LogP contribution in [0.15, 0.2) is 18.2 Å². The summed E-state index contributed by atoms with van der Waals surface area (Å²) in [6.45, 7) is 6.06. The molecule has 18 heavy (non-hydrogen) atoms. The van der Waals surface area contributed by atoms with Gasteiger partial charge in [-0.2, -0.15) is 0 Å². The third-order valence-electron chi connectivity index (χ3n) is 3.76. The van der Waals surface area contributed by atoms with Gasteiger partial charge in [0.25, 0.3) is 0 Å². The number of aryl methyl sites for hydroxylation is 2. The van der Waals surface area contributed by atoms with Gasteiger partial charge in [-0.3, -0.25) is 0 Å². The molecule has 3 N–H and O–H groups in total. The molecule has 0 radical (unpaired) electrons. The summed E-state index contributed by atoms with van der Waals surface area (Å²) in [5.74, 6) is 1.03. The van der Waals surface area contributed by atoms with Crippen LogP contribution < -0.4 is 11.1 Å². The van der Waals surface area contributed by atoms with Crippen molar-refractivity contribution >= 4 is 0 Å². The zero-order valence-corrected chi connectivity index (χ0v) is 11.7. The number of hydrogen-bond acceptors (Lipinski definition) is 2. The Morgan fingerprint density at radius 1 is 1.22 bits per heavy atom. The largest absolute Gasteiger partial charge is 0.329 e. The highest BCUT2D eigenvalue weighted by Gasteiger charge is 2.20. The van der Waals surface area contributed by atoms with Crippen molar-refractivity contribution < 1.29 is 0 Å². The van der Waals surface area contributed by atoms with Crippen molar-refractivity contribution in [2.45, 2.75) is 45.6 Å². The Balaban J connectivity index is 1.85. The molecule has 1 aromatic carbocycles. The third kappa shape index (κ3) is 4.11. The molecule has 1 atom stereocenters. The fourth-order valence-corrected chi connectivity index (χ4v) is 2.62. The van der Waals surface area contributed by atoms with Gasteiger partial charge in [0.05, 0.1) is 0 Å². The first kappa shape index (κ1) is 13.6. The molecule has 1 unspecified atom stereocenters. The zero-order valence-electron chi connectivity index (χ0n) is 11.7. The van der Waals surface area contributed by atoms with Gasteiger partial charge in [0.1, 0.15) is 0 Å². The van der Waals surface area contributed by atoms with Crippen LogP contribution in [0.5, 0.6) is 0 Å². The molecule has 0 amide bonds. The monoisotopic (exact) mass is 246 g/mol. The van der Waals surface area contributed by atoms with Crippen LogP contribution in [0.3, 0.4) is 0 Å².